The molecule has 0 aliphatic rings. The second-order valence-electron chi connectivity index (χ2n) is 4.67. The molecule has 18 heavy (non-hydrogen) atoms. The predicted octanol–water partition coefficient (Wildman–Crippen LogP) is 3.05. The van der Waals surface area contributed by atoms with Crippen LogP contribution in [0.25, 0.3) is 21.8 Å². The largest absolute Gasteiger partial charge is 0.492 e. The number of para-hydroxylation sites is 1. The number of nitrogens with two attached hydrogens (primary N) is 1. The van der Waals surface area contributed by atoms with Crippen LogP contribution in [0, 0.1) is 0 Å². The second kappa shape index (κ2) is 4.35. The number of H-pyrrole nitrogens is 1. The van der Waals surface area contributed by atoms with Gasteiger partial charge in [-0.15, -0.1) is 0 Å². The number of hydrogen-bond donors (Lipinski definition) is 2. The molecule has 0 aliphatic carbocycles. The zero-order chi connectivity index (χ0) is 12.5. The van der Waals surface area contributed by atoms with E-state index in [1.807, 2.05) is 25.1 Å². The van der Waals surface area contributed by atoms with Crippen molar-refractivity contribution in [3.63, 3.8) is 0 Å². The summed E-state index contributed by atoms with van der Waals surface area (Å²) in [5, 5.41) is 2.46. The first-order valence-corrected chi connectivity index (χ1v) is 6.13. The van der Waals surface area contributed by atoms with Crippen LogP contribution in [0.3, 0.4) is 0 Å². The number of nitrogens with one attached hydrogen (secondary N) is 1. The van der Waals surface area contributed by atoms with Crippen LogP contribution in [0.1, 0.15) is 6.92 Å². The van der Waals surface area contributed by atoms with Crippen molar-refractivity contribution in [1.82, 2.24) is 4.98 Å². The molecule has 3 rings (SSSR count). The predicted molar refractivity (Wildman–Crippen MR) is 74.9 cm³/mol. The van der Waals surface area contributed by atoms with E-state index in [4.69, 9.17) is 10.5 Å². The van der Waals surface area contributed by atoms with E-state index in [2.05, 4.69) is 29.2 Å². The van der Waals surface area contributed by atoms with E-state index in [1.54, 1.807) is 0 Å². The third-order valence-corrected chi connectivity index (χ3v) is 2.99. The van der Waals surface area contributed by atoms with Gasteiger partial charge in [0.15, 0.2) is 0 Å². The molecule has 1 unspecified atom stereocenters. The van der Waals surface area contributed by atoms with Crippen molar-refractivity contribution in [2.75, 3.05) is 6.61 Å². The Bertz CT molecular complexity index is 685. The molecule has 1 aromatic heterocycles. The Kier molecular flexibility index (Phi) is 2.68. The van der Waals surface area contributed by atoms with Gasteiger partial charge in [-0.1, -0.05) is 18.2 Å². The lowest BCUT2D eigenvalue weighted by atomic mass is 10.1. The van der Waals surface area contributed by atoms with E-state index >= 15 is 0 Å². The van der Waals surface area contributed by atoms with Gasteiger partial charge >= 0.3 is 0 Å². The Morgan fingerprint density at radius 3 is 2.72 bits per heavy atom. The topological polar surface area (TPSA) is 51.0 Å². The van der Waals surface area contributed by atoms with Crippen molar-refractivity contribution < 1.29 is 4.74 Å². The molecule has 3 aromatic rings. The van der Waals surface area contributed by atoms with Gasteiger partial charge < -0.3 is 15.5 Å². The Balaban J connectivity index is 2.04. The van der Waals surface area contributed by atoms with Gasteiger partial charge in [0.05, 0.1) is 5.52 Å². The first-order valence-electron chi connectivity index (χ1n) is 6.13. The van der Waals surface area contributed by atoms with Gasteiger partial charge in [0.1, 0.15) is 12.4 Å². The monoisotopic (exact) mass is 240 g/mol. The van der Waals surface area contributed by atoms with Gasteiger partial charge in [-0.3, -0.25) is 0 Å². The number of fused-ring (bicyclic) bond motifs is 3. The smallest absolute Gasteiger partial charge is 0.121 e. The van der Waals surface area contributed by atoms with E-state index in [0.717, 1.165) is 16.8 Å². The number of benzene rings is 2. The van der Waals surface area contributed by atoms with Gasteiger partial charge in [0.2, 0.25) is 0 Å². The summed E-state index contributed by atoms with van der Waals surface area (Å²) >= 11 is 0. The maximum atomic E-state index is 5.68. The molecule has 0 spiro atoms. The van der Waals surface area contributed by atoms with E-state index in [-0.39, 0.29) is 6.04 Å². The van der Waals surface area contributed by atoms with E-state index in [0.29, 0.717) is 6.61 Å². The fourth-order valence-corrected chi connectivity index (χ4v) is 2.15. The molecule has 0 fully saturated rings. The maximum absolute atomic E-state index is 5.68. The third-order valence-electron chi connectivity index (χ3n) is 2.99. The lowest BCUT2D eigenvalue weighted by molar-refractivity contribution is 0.296. The molecule has 3 N–H and O–H groups in total. The van der Waals surface area contributed by atoms with Crippen molar-refractivity contribution in [2.45, 2.75) is 13.0 Å². The molecule has 0 bridgehead atoms. The molecular weight excluding hydrogens is 224 g/mol. The molecule has 0 saturated carbocycles. The van der Waals surface area contributed by atoms with Crippen molar-refractivity contribution in [1.29, 1.82) is 0 Å². The normalized spacial score (nSPS) is 13.0. The number of ether oxygens (including phenoxy) is 1. The van der Waals surface area contributed by atoms with Crippen LogP contribution in [0.2, 0.25) is 0 Å². The highest BCUT2D eigenvalue weighted by molar-refractivity contribution is 6.07. The molecule has 3 nitrogen and oxygen atoms in total. The van der Waals surface area contributed by atoms with Crippen molar-refractivity contribution >= 4 is 21.8 Å². The van der Waals surface area contributed by atoms with Crippen LogP contribution in [0.5, 0.6) is 5.75 Å². The summed E-state index contributed by atoms with van der Waals surface area (Å²) in [5.41, 5.74) is 7.93. The van der Waals surface area contributed by atoms with Gasteiger partial charge in [-0.2, -0.15) is 0 Å². The van der Waals surface area contributed by atoms with Crippen LogP contribution in [0.15, 0.2) is 42.5 Å². The Hall–Kier alpha value is -2.00. The Labute approximate surface area is 106 Å². The van der Waals surface area contributed by atoms with Crippen molar-refractivity contribution in [3.05, 3.63) is 42.5 Å². The minimum absolute atomic E-state index is 0.0448. The molecule has 1 heterocycles. The number of rotatable bonds is 3. The summed E-state index contributed by atoms with van der Waals surface area (Å²) in [4.78, 5) is 3.39. The molecule has 3 heteroatoms. The van der Waals surface area contributed by atoms with Gasteiger partial charge in [-0.25, -0.2) is 0 Å². The SMILES string of the molecule is CC(N)COc1ccc2c(c1)[nH]c1ccccc12. The summed E-state index contributed by atoms with van der Waals surface area (Å²) in [6.07, 6.45) is 0. The van der Waals surface area contributed by atoms with Gasteiger partial charge in [-0.05, 0) is 25.1 Å². The quantitative estimate of drug-likeness (QED) is 0.739. The molecule has 1 atom stereocenters. The number of aromatic amines is 1. The standard InChI is InChI=1S/C15H16N2O/c1-10(16)9-18-11-6-7-13-12-4-2-3-5-14(12)17-15(13)8-11/h2-8,10,17H,9,16H2,1H3. The fourth-order valence-electron chi connectivity index (χ4n) is 2.15. The lowest BCUT2D eigenvalue weighted by Gasteiger charge is -2.08. The average molecular weight is 240 g/mol. The van der Waals surface area contributed by atoms with E-state index in [9.17, 15) is 0 Å². The summed E-state index contributed by atoms with van der Waals surface area (Å²) < 4.78 is 5.63. The molecule has 0 saturated heterocycles. The van der Waals surface area contributed by atoms with Crippen LogP contribution in [-0.2, 0) is 0 Å². The highest BCUT2D eigenvalue weighted by Gasteiger charge is 2.05. The minimum atomic E-state index is 0.0448. The second-order valence-corrected chi connectivity index (χ2v) is 4.67. The molecule has 0 radical (unpaired) electrons. The Morgan fingerprint density at radius 1 is 1.11 bits per heavy atom. The van der Waals surface area contributed by atoms with Crippen LogP contribution in [-0.4, -0.2) is 17.6 Å². The summed E-state index contributed by atoms with van der Waals surface area (Å²) in [7, 11) is 0. The summed E-state index contributed by atoms with van der Waals surface area (Å²) in [6, 6.07) is 14.4. The van der Waals surface area contributed by atoms with Gasteiger partial charge in [0, 0.05) is 28.4 Å². The highest BCUT2D eigenvalue weighted by Crippen LogP contribution is 2.28. The summed E-state index contributed by atoms with van der Waals surface area (Å²) in [6.45, 7) is 2.47. The molecule has 0 amide bonds. The Morgan fingerprint density at radius 2 is 1.89 bits per heavy atom. The van der Waals surface area contributed by atoms with Crippen molar-refractivity contribution in [2.24, 2.45) is 5.73 Å². The van der Waals surface area contributed by atoms with Crippen LogP contribution >= 0.6 is 0 Å². The van der Waals surface area contributed by atoms with Crippen molar-refractivity contribution in [3.8, 4) is 5.75 Å². The molecule has 92 valence electrons. The van der Waals surface area contributed by atoms with E-state index < -0.39 is 0 Å². The third kappa shape index (κ3) is 1.93. The first kappa shape index (κ1) is 11.1. The lowest BCUT2D eigenvalue weighted by Crippen LogP contribution is -2.23. The maximum Gasteiger partial charge on any atom is 0.121 e. The van der Waals surface area contributed by atoms with Crippen LogP contribution in [0.4, 0.5) is 0 Å². The molecular formula is C15H16N2O. The first-order chi connectivity index (χ1) is 8.74. The van der Waals surface area contributed by atoms with Gasteiger partial charge in [0.25, 0.3) is 0 Å². The molecule has 0 aliphatic heterocycles. The van der Waals surface area contributed by atoms with E-state index in [1.165, 1.54) is 10.8 Å². The minimum Gasteiger partial charge on any atom is -0.492 e. The highest BCUT2D eigenvalue weighted by atomic mass is 16.5. The zero-order valence-corrected chi connectivity index (χ0v) is 10.3. The number of aromatic nitrogens is 1. The van der Waals surface area contributed by atoms with Crippen LogP contribution < -0.4 is 10.5 Å². The summed E-state index contributed by atoms with van der Waals surface area (Å²) in [5.74, 6) is 0.853. The zero-order valence-electron chi connectivity index (χ0n) is 10.3. The molecule has 2 aromatic carbocycles. The average Bonchev–Trinajstić information content (AvgIpc) is 2.73. The fraction of sp³-hybridized carbons (Fsp3) is 0.200. The number of hydrogen-bond acceptors (Lipinski definition) is 2.